The molecule has 2 aromatic carbocycles. The highest BCUT2D eigenvalue weighted by Crippen LogP contribution is 2.31. The molecule has 0 saturated heterocycles. The third-order valence-corrected chi connectivity index (χ3v) is 7.10. The van der Waals surface area contributed by atoms with E-state index in [1.807, 2.05) is 61.5 Å². The number of fused-ring (bicyclic) bond motifs is 1. The summed E-state index contributed by atoms with van der Waals surface area (Å²) < 4.78 is 1.00. The van der Waals surface area contributed by atoms with Crippen LogP contribution in [0.5, 0.6) is 0 Å². The average Bonchev–Trinajstić information content (AvgIpc) is 3.12. The zero-order chi connectivity index (χ0) is 21.5. The molecule has 160 valence electrons. The van der Waals surface area contributed by atoms with Crippen LogP contribution in [-0.4, -0.2) is 48.7 Å². The van der Waals surface area contributed by atoms with Crippen molar-refractivity contribution in [2.24, 2.45) is 0 Å². The Bertz CT molecular complexity index is 976. The van der Waals surface area contributed by atoms with Crippen molar-refractivity contribution in [2.45, 2.75) is 24.2 Å². The van der Waals surface area contributed by atoms with Gasteiger partial charge in [0.2, 0.25) is 5.91 Å². The fourth-order valence-corrected chi connectivity index (χ4v) is 5.22. The molecule has 0 fully saturated rings. The number of carbonyl (C=O) groups excluding carboxylic acids is 1. The Morgan fingerprint density at radius 2 is 1.77 bits per heavy atom. The van der Waals surface area contributed by atoms with Gasteiger partial charge in [0.1, 0.15) is 0 Å². The van der Waals surface area contributed by atoms with Gasteiger partial charge in [-0.2, -0.15) is 0 Å². The van der Waals surface area contributed by atoms with Crippen molar-refractivity contribution in [2.75, 3.05) is 37.8 Å². The van der Waals surface area contributed by atoms with Crippen LogP contribution in [0.3, 0.4) is 0 Å². The van der Waals surface area contributed by atoms with Crippen LogP contribution in [-0.2, 0) is 4.79 Å². The lowest BCUT2D eigenvalue weighted by Gasteiger charge is -2.21. The van der Waals surface area contributed by atoms with Gasteiger partial charge in [0.15, 0.2) is 5.13 Å². The van der Waals surface area contributed by atoms with E-state index in [9.17, 15) is 4.79 Å². The molecule has 0 aliphatic rings. The zero-order valence-corrected chi connectivity index (χ0v) is 20.3. The third-order valence-electron chi connectivity index (χ3n) is 4.48. The molecule has 0 N–H and O–H groups in total. The molecule has 0 aliphatic heterocycles. The summed E-state index contributed by atoms with van der Waals surface area (Å²) >= 11 is 15.3. The van der Waals surface area contributed by atoms with Crippen molar-refractivity contribution in [3.8, 4) is 0 Å². The second-order valence-electron chi connectivity index (χ2n) is 7.22. The molecule has 0 aliphatic carbocycles. The van der Waals surface area contributed by atoms with E-state index in [-0.39, 0.29) is 5.91 Å². The van der Waals surface area contributed by atoms with Gasteiger partial charge in [-0.15, -0.1) is 11.8 Å². The lowest BCUT2D eigenvalue weighted by Crippen LogP contribution is -2.33. The quantitative estimate of drug-likeness (QED) is 0.246. The average molecular weight is 483 g/mol. The van der Waals surface area contributed by atoms with Gasteiger partial charge in [-0.3, -0.25) is 9.69 Å². The molecule has 3 aromatic rings. The normalized spacial score (nSPS) is 11.4. The van der Waals surface area contributed by atoms with Crippen LogP contribution in [0.25, 0.3) is 10.2 Å². The highest BCUT2D eigenvalue weighted by Gasteiger charge is 2.19. The summed E-state index contributed by atoms with van der Waals surface area (Å²) in [5.41, 5.74) is 0.878. The maximum absolute atomic E-state index is 13.0. The smallest absolute Gasteiger partial charge is 0.228 e. The van der Waals surface area contributed by atoms with Crippen molar-refractivity contribution in [1.29, 1.82) is 0 Å². The predicted octanol–water partition coefficient (Wildman–Crippen LogP) is 6.46. The topological polar surface area (TPSA) is 36.4 Å². The fourth-order valence-electron chi connectivity index (χ4n) is 2.95. The lowest BCUT2D eigenvalue weighted by molar-refractivity contribution is -0.118. The van der Waals surface area contributed by atoms with E-state index < -0.39 is 0 Å². The third kappa shape index (κ3) is 6.86. The minimum Gasteiger partial charge on any atom is -0.309 e. The lowest BCUT2D eigenvalue weighted by atomic mass is 10.3. The molecule has 0 radical (unpaired) electrons. The number of hydrogen-bond acceptors (Lipinski definition) is 5. The molecule has 1 amide bonds. The van der Waals surface area contributed by atoms with Gasteiger partial charge in [-0.05, 0) is 81.7 Å². The first-order valence-electron chi connectivity index (χ1n) is 9.82. The van der Waals surface area contributed by atoms with Gasteiger partial charge in [0.05, 0.1) is 10.2 Å². The molecule has 1 heterocycles. The van der Waals surface area contributed by atoms with Crippen LogP contribution in [0.1, 0.15) is 19.3 Å². The van der Waals surface area contributed by atoms with Crippen molar-refractivity contribution in [1.82, 2.24) is 9.88 Å². The van der Waals surface area contributed by atoms with Crippen molar-refractivity contribution in [3.05, 3.63) is 52.5 Å². The van der Waals surface area contributed by atoms with Gasteiger partial charge in [-0.25, -0.2) is 4.98 Å². The van der Waals surface area contributed by atoms with Crippen molar-refractivity contribution < 1.29 is 4.79 Å². The largest absolute Gasteiger partial charge is 0.309 e. The number of halogens is 2. The van der Waals surface area contributed by atoms with Crippen LogP contribution in [0.2, 0.25) is 10.0 Å². The number of thioether (sulfide) groups is 1. The summed E-state index contributed by atoms with van der Waals surface area (Å²) in [6.45, 7) is 1.59. The molecule has 0 atom stereocenters. The minimum absolute atomic E-state index is 0.121. The first-order valence-corrected chi connectivity index (χ1v) is 12.4. The Morgan fingerprint density at radius 1 is 1.03 bits per heavy atom. The van der Waals surface area contributed by atoms with Gasteiger partial charge in [-0.1, -0.05) is 34.5 Å². The number of nitrogens with zero attached hydrogens (tertiary/aromatic N) is 3. The van der Waals surface area contributed by atoms with Crippen LogP contribution in [0, 0.1) is 0 Å². The molecule has 0 bridgehead atoms. The van der Waals surface area contributed by atoms with Crippen LogP contribution < -0.4 is 4.90 Å². The van der Waals surface area contributed by atoms with Gasteiger partial charge < -0.3 is 4.90 Å². The predicted molar refractivity (Wildman–Crippen MR) is 132 cm³/mol. The molecule has 30 heavy (non-hydrogen) atoms. The van der Waals surface area contributed by atoms with E-state index in [1.165, 1.54) is 11.3 Å². The van der Waals surface area contributed by atoms with Crippen LogP contribution >= 0.6 is 46.3 Å². The highest BCUT2D eigenvalue weighted by atomic mass is 35.5. The zero-order valence-electron chi connectivity index (χ0n) is 17.1. The SMILES string of the molecule is CN(C)CCCN(C(=O)CCCSc1ccc(Cl)cc1)c1nc2ccc(Cl)cc2s1. The van der Waals surface area contributed by atoms with Gasteiger partial charge in [0.25, 0.3) is 0 Å². The molecule has 4 nitrogen and oxygen atoms in total. The molecule has 0 unspecified atom stereocenters. The van der Waals surface area contributed by atoms with E-state index in [2.05, 4.69) is 4.90 Å². The number of aromatic nitrogens is 1. The first-order chi connectivity index (χ1) is 14.4. The number of rotatable bonds is 10. The Balaban J connectivity index is 1.62. The monoisotopic (exact) mass is 481 g/mol. The number of anilines is 1. The van der Waals surface area contributed by atoms with Crippen LogP contribution in [0.15, 0.2) is 47.4 Å². The van der Waals surface area contributed by atoms with E-state index in [4.69, 9.17) is 28.2 Å². The van der Waals surface area contributed by atoms with E-state index in [0.717, 1.165) is 50.4 Å². The highest BCUT2D eigenvalue weighted by molar-refractivity contribution is 7.99. The molecular weight excluding hydrogens is 457 g/mol. The number of thiazole rings is 1. The molecule has 8 heteroatoms. The Hall–Kier alpha value is -1.31. The van der Waals surface area contributed by atoms with Gasteiger partial charge >= 0.3 is 0 Å². The minimum atomic E-state index is 0.121. The molecular formula is C22H25Cl2N3OS2. The summed E-state index contributed by atoms with van der Waals surface area (Å²) in [7, 11) is 4.08. The summed E-state index contributed by atoms with van der Waals surface area (Å²) in [5, 5.41) is 2.17. The summed E-state index contributed by atoms with van der Waals surface area (Å²) in [6, 6.07) is 13.4. The summed E-state index contributed by atoms with van der Waals surface area (Å²) in [5.74, 6) is 1.00. The standard InChI is InChI=1S/C22H25Cl2N3OS2/c1-26(2)12-4-13-27(22-25-19-11-8-17(24)15-20(19)30-22)21(28)5-3-14-29-18-9-6-16(23)7-10-18/h6-11,15H,3-5,12-14H2,1-2H3. The summed E-state index contributed by atoms with van der Waals surface area (Å²) in [4.78, 5) is 22.9. The second-order valence-corrected chi connectivity index (χ2v) is 10.3. The van der Waals surface area contributed by atoms with E-state index >= 15 is 0 Å². The fraction of sp³-hybridized carbons (Fsp3) is 0.364. The maximum atomic E-state index is 13.0. The number of benzene rings is 2. The Labute approximate surface area is 196 Å². The molecule has 1 aromatic heterocycles. The summed E-state index contributed by atoms with van der Waals surface area (Å²) in [6.07, 6.45) is 2.21. The second kappa shape index (κ2) is 11.3. The van der Waals surface area contributed by atoms with Crippen LogP contribution in [0.4, 0.5) is 5.13 Å². The van der Waals surface area contributed by atoms with Crippen molar-refractivity contribution in [3.63, 3.8) is 0 Å². The Morgan fingerprint density at radius 3 is 2.50 bits per heavy atom. The van der Waals surface area contributed by atoms with Gasteiger partial charge in [0, 0.05) is 27.9 Å². The molecule has 3 rings (SSSR count). The molecule has 0 saturated carbocycles. The maximum Gasteiger partial charge on any atom is 0.228 e. The van der Waals surface area contributed by atoms with E-state index in [0.29, 0.717) is 18.0 Å². The first kappa shape index (κ1) is 23.4. The number of hydrogen-bond donors (Lipinski definition) is 0. The Kier molecular flexibility index (Phi) is 8.84. The number of carbonyl (C=O) groups is 1. The number of amides is 1. The van der Waals surface area contributed by atoms with E-state index in [1.54, 1.807) is 11.8 Å². The molecule has 0 spiro atoms. The van der Waals surface area contributed by atoms with Crippen molar-refractivity contribution >= 4 is 67.6 Å².